The molecule has 3 rings (SSSR count). The molecule has 23 heavy (non-hydrogen) atoms. The summed E-state index contributed by atoms with van der Waals surface area (Å²) in [6.07, 6.45) is 3.06. The van der Waals surface area contributed by atoms with Crippen LogP contribution in [-0.2, 0) is 17.9 Å². The Labute approximate surface area is 137 Å². The summed E-state index contributed by atoms with van der Waals surface area (Å²) in [6.45, 7) is 9.08. The molecule has 1 amide bonds. The number of hydrogen-bond acceptors (Lipinski definition) is 5. The van der Waals surface area contributed by atoms with Gasteiger partial charge >= 0.3 is 0 Å². The van der Waals surface area contributed by atoms with Crippen molar-refractivity contribution in [1.29, 1.82) is 0 Å². The number of nitrogens with two attached hydrogens (primary N) is 1. The number of aromatic nitrogens is 3. The number of carbonyl (C=O) groups is 1. The molecule has 0 spiro atoms. The normalized spacial score (nSPS) is 26.0. The molecule has 7 heteroatoms. The van der Waals surface area contributed by atoms with E-state index in [2.05, 4.69) is 26.6 Å². The second kappa shape index (κ2) is 6.97. The van der Waals surface area contributed by atoms with Gasteiger partial charge in [0.25, 0.3) is 0 Å². The van der Waals surface area contributed by atoms with Gasteiger partial charge in [0.05, 0.1) is 6.54 Å². The van der Waals surface area contributed by atoms with Crippen LogP contribution in [0.25, 0.3) is 0 Å². The summed E-state index contributed by atoms with van der Waals surface area (Å²) >= 11 is 0. The SMILES string of the molecule is CCn1c(CN2CCCN(C(C)=O)CC2)nnc1C1CC(N)C1. The lowest BCUT2D eigenvalue weighted by Gasteiger charge is -2.31. The predicted molar refractivity (Wildman–Crippen MR) is 87.8 cm³/mol. The fourth-order valence-corrected chi connectivity index (χ4v) is 3.63. The molecule has 1 aromatic heterocycles. The zero-order chi connectivity index (χ0) is 16.4. The highest BCUT2D eigenvalue weighted by Gasteiger charge is 2.32. The van der Waals surface area contributed by atoms with Crippen LogP contribution in [0, 0.1) is 0 Å². The Hall–Kier alpha value is -1.47. The number of rotatable bonds is 4. The summed E-state index contributed by atoms with van der Waals surface area (Å²) in [5, 5.41) is 8.89. The van der Waals surface area contributed by atoms with Gasteiger partial charge in [-0.2, -0.15) is 0 Å². The van der Waals surface area contributed by atoms with Crippen molar-refractivity contribution in [2.45, 2.75) is 58.2 Å². The maximum atomic E-state index is 11.5. The van der Waals surface area contributed by atoms with Gasteiger partial charge in [0.15, 0.2) is 0 Å². The van der Waals surface area contributed by atoms with Crippen molar-refractivity contribution in [2.75, 3.05) is 26.2 Å². The number of carbonyl (C=O) groups excluding carboxylic acids is 1. The molecule has 7 nitrogen and oxygen atoms in total. The highest BCUT2D eigenvalue weighted by Crippen LogP contribution is 2.34. The first kappa shape index (κ1) is 16.4. The third-order valence-corrected chi connectivity index (χ3v) is 5.11. The second-order valence-electron chi connectivity index (χ2n) is 6.78. The van der Waals surface area contributed by atoms with Gasteiger partial charge in [0.1, 0.15) is 11.6 Å². The molecule has 1 saturated heterocycles. The van der Waals surface area contributed by atoms with Crippen molar-refractivity contribution in [3.8, 4) is 0 Å². The maximum absolute atomic E-state index is 11.5. The molecule has 1 saturated carbocycles. The molecule has 0 radical (unpaired) electrons. The molecular weight excluding hydrogens is 292 g/mol. The van der Waals surface area contributed by atoms with Crippen LogP contribution in [0.15, 0.2) is 0 Å². The van der Waals surface area contributed by atoms with Crippen LogP contribution in [0.4, 0.5) is 0 Å². The Bertz CT molecular complexity index is 551. The molecule has 128 valence electrons. The van der Waals surface area contributed by atoms with Crippen LogP contribution < -0.4 is 5.73 Å². The van der Waals surface area contributed by atoms with Gasteiger partial charge in [-0.15, -0.1) is 10.2 Å². The van der Waals surface area contributed by atoms with Gasteiger partial charge in [0, 0.05) is 51.6 Å². The molecule has 2 heterocycles. The van der Waals surface area contributed by atoms with Gasteiger partial charge in [-0.3, -0.25) is 9.69 Å². The minimum Gasteiger partial charge on any atom is -0.342 e. The van der Waals surface area contributed by atoms with Crippen molar-refractivity contribution in [3.63, 3.8) is 0 Å². The third-order valence-electron chi connectivity index (χ3n) is 5.11. The van der Waals surface area contributed by atoms with Crippen LogP contribution in [0.5, 0.6) is 0 Å². The van der Waals surface area contributed by atoms with Gasteiger partial charge in [-0.1, -0.05) is 0 Å². The predicted octanol–water partition coefficient (Wildman–Crippen LogP) is 0.557. The van der Waals surface area contributed by atoms with Crippen LogP contribution in [0.3, 0.4) is 0 Å². The number of nitrogens with zero attached hydrogens (tertiary/aromatic N) is 5. The molecule has 0 atom stereocenters. The molecule has 2 N–H and O–H groups in total. The standard InChI is InChI=1S/C16H28N6O/c1-3-22-15(18-19-16(22)13-9-14(17)10-13)11-20-5-4-6-21(8-7-20)12(2)23/h13-14H,3-11,17H2,1-2H3. The van der Waals surface area contributed by atoms with Gasteiger partial charge in [-0.05, 0) is 26.2 Å². The summed E-state index contributed by atoms with van der Waals surface area (Å²) in [6, 6.07) is 0.327. The summed E-state index contributed by atoms with van der Waals surface area (Å²) in [7, 11) is 0. The molecule has 1 aliphatic carbocycles. The highest BCUT2D eigenvalue weighted by molar-refractivity contribution is 5.73. The Morgan fingerprint density at radius 3 is 2.65 bits per heavy atom. The summed E-state index contributed by atoms with van der Waals surface area (Å²) in [5.41, 5.74) is 5.91. The van der Waals surface area contributed by atoms with Crippen molar-refractivity contribution in [3.05, 3.63) is 11.6 Å². The monoisotopic (exact) mass is 320 g/mol. The van der Waals surface area contributed by atoms with Crippen molar-refractivity contribution < 1.29 is 4.79 Å². The molecule has 0 unspecified atom stereocenters. The van der Waals surface area contributed by atoms with E-state index in [-0.39, 0.29) is 5.91 Å². The molecule has 1 aliphatic heterocycles. The van der Waals surface area contributed by atoms with E-state index < -0.39 is 0 Å². The van der Waals surface area contributed by atoms with E-state index in [0.29, 0.717) is 12.0 Å². The quantitative estimate of drug-likeness (QED) is 0.876. The van der Waals surface area contributed by atoms with E-state index in [1.54, 1.807) is 6.92 Å². The average molecular weight is 320 g/mol. The lowest BCUT2D eigenvalue weighted by molar-refractivity contribution is -0.128. The Kier molecular flexibility index (Phi) is 4.96. The molecule has 1 aromatic rings. The zero-order valence-electron chi connectivity index (χ0n) is 14.2. The Morgan fingerprint density at radius 2 is 2.00 bits per heavy atom. The lowest BCUT2D eigenvalue weighted by Crippen LogP contribution is -2.36. The molecule has 2 fully saturated rings. The van der Waals surface area contributed by atoms with E-state index in [4.69, 9.17) is 5.73 Å². The third kappa shape index (κ3) is 3.55. The first-order chi connectivity index (χ1) is 11.1. The summed E-state index contributed by atoms with van der Waals surface area (Å²) in [5.74, 6) is 2.79. The van der Waals surface area contributed by atoms with E-state index >= 15 is 0 Å². The van der Waals surface area contributed by atoms with Crippen LogP contribution in [0.1, 0.15) is 50.7 Å². The second-order valence-corrected chi connectivity index (χ2v) is 6.78. The average Bonchev–Trinajstić information content (AvgIpc) is 2.72. The first-order valence-corrected chi connectivity index (χ1v) is 8.74. The van der Waals surface area contributed by atoms with E-state index in [9.17, 15) is 4.79 Å². The molecule has 2 aliphatic rings. The minimum atomic E-state index is 0.173. The van der Waals surface area contributed by atoms with Crippen molar-refractivity contribution >= 4 is 5.91 Å². The number of hydrogen-bond donors (Lipinski definition) is 1. The van der Waals surface area contributed by atoms with Gasteiger partial charge < -0.3 is 15.2 Å². The Balaban J connectivity index is 1.64. The van der Waals surface area contributed by atoms with Crippen LogP contribution in [-0.4, -0.2) is 62.7 Å². The van der Waals surface area contributed by atoms with Gasteiger partial charge in [-0.25, -0.2) is 0 Å². The van der Waals surface area contributed by atoms with Crippen molar-refractivity contribution in [2.24, 2.45) is 5.73 Å². The highest BCUT2D eigenvalue weighted by atomic mass is 16.2. The van der Waals surface area contributed by atoms with Crippen LogP contribution >= 0.6 is 0 Å². The van der Waals surface area contributed by atoms with Crippen molar-refractivity contribution in [1.82, 2.24) is 24.6 Å². The van der Waals surface area contributed by atoms with E-state index in [1.807, 2.05) is 4.90 Å². The largest absolute Gasteiger partial charge is 0.342 e. The van der Waals surface area contributed by atoms with Crippen LogP contribution in [0.2, 0.25) is 0 Å². The lowest BCUT2D eigenvalue weighted by atomic mass is 9.80. The fraction of sp³-hybridized carbons (Fsp3) is 0.812. The van der Waals surface area contributed by atoms with Gasteiger partial charge in [0.2, 0.25) is 5.91 Å². The van der Waals surface area contributed by atoms with E-state index in [0.717, 1.165) is 70.2 Å². The fourth-order valence-electron chi connectivity index (χ4n) is 3.63. The molecule has 0 aromatic carbocycles. The molecule has 0 bridgehead atoms. The molecular formula is C16H28N6O. The zero-order valence-corrected chi connectivity index (χ0v) is 14.2. The summed E-state index contributed by atoms with van der Waals surface area (Å²) < 4.78 is 2.25. The maximum Gasteiger partial charge on any atom is 0.219 e. The van der Waals surface area contributed by atoms with E-state index in [1.165, 1.54) is 0 Å². The first-order valence-electron chi connectivity index (χ1n) is 8.74. The smallest absolute Gasteiger partial charge is 0.219 e. The number of amides is 1. The topological polar surface area (TPSA) is 80.3 Å². The summed E-state index contributed by atoms with van der Waals surface area (Å²) in [4.78, 5) is 15.9. The minimum absolute atomic E-state index is 0.173. The Morgan fingerprint density at radius 1 is 1.22 bits per heavy atom.